The molecule has 0 aromatic carbocycles. The molecule has 1 aliphatic rings. The summed E-state index contributed by atoms with van der Waals surface area (Å²) in [6, 6.07) is -1.17. The molecule has 2 unspecified atom stereocenters. The molecule has 0 radical (unpaired) electrons. The van der Waals surface area contributed by atoms with Crippen molar-refractivity contribution in [3.8, 4) is 0 Å². The van der Waals surface area contributed by atoms with Crippen molar-refractivity contribution < 1.29 is 26.7 Å². The van der Waals surface area contributed by atoms with Crippen LogP contribution in [0.4, 0.5) is 0 Å². The first-order valence-electron chi connectivity index (χ1n) is 4.94. The first-order valence-corrected chi connectivity index (χ1v) is 8.61. The molecule has 9 heteroatoms. The zero-order valence-corrected chi connectivity index (χ0v) is 11.2. The minimum absolute atomic E-state index is 0.0516. The molecule has 17 heavy (non-hydrogen) atoms. The molecular weight excluding hydrogens is 270 g/mol. The van der Waals surface area contributed by atoms with Gasteiger partial charge >= 0.3 is 5.97 Å². The Hall–Kier alpha value is -0.670. The molecule has 0 saturated carbocycles. The third kappa shape index (κ3) is 3.39. The Balaban J connectivity index is 3.04. The number of carboxylic acids is 1. The topological polar surface area (TPSA) is 109 Å². The number of rotatable bonds is 4. The molecule has 0 aliphatic carbocycles. The maximum Gasteiger partial charge on any atom is 0.322 e. The smallest absolute Gasteiger partial charge is 0.322 e. The van der Waals surface area contributed by atoms with E-state index >= 15 is 0 Å². The fourth-order valence-corrected chi connectivity index (χ4v) is 5.66. The second kappa shape index (κ2) is 4.54. The van der Waals surface area contributed by atoms with Gasteiger partial charge in [0.1, 0.15) is 6.04 Å². The summed E-state index contributed by atoms with van der Waals surface area (Å²) in [5.74, 6) is -1.56. The molecule has 1 rings (SSSR count). The highest BCUT2D eigenvalue weighted by Crippen LogP contribution is 2.27. The molecule has 1 aliphatic heterocycles. The standard InChI is InChI=1S/C8H15NO6S2/c1-6-3-4-9(7(6)8(10)11)17(14,15)5-16(2,12)13/h6-7H,3-5H2,1-2H3,(H,10,11). The van der Waals surface area contributed by atoms with Crippen molar-refractivity contribution in [3.63, 3.8) is 0 Å². The van der Waals surface area contributed by atoms with Crippen molar-refractivity contribution in [1.29, 1.82) is 0 Å². The SMILES string of the molecule is CC1CCN(S(=O)(=O)CS(C)(=O)=O)C1C(=O)O. The van der Waals surface area contributed by atoms with Crippen LogP contribution < -0.4 is 0 Å². The lowest BCUT2D eigenvalue weighted by atomic mass is 10.0. The minimum Gasteiger partial charge on any atom is -0.480 e. The van der Waals surface area contributed by atoms with Crippen LogP contribution in [-0.2, 0) is 24.7 Å². The molecule has 1 heterocycles. The molecule has 0 aromatic heterocycles. The Morgan fingerprint density at radius 3 is 2.29 bits per heavy atom. The van der Waals surface area contributed by atoms with Crippen LogP contribution >= 0.6 is 0 Å². The van der Waals surface area contributed by atoms with Crippen LogP contribution in [0.1, 0.15) is 13.3 Å². The van der Waals surface area contributed by atoms with Gasteiger partial charge in [0.2, 0.25) is 10.0 Å². The van der Waals surface area contributed by atoms with Crippen molar-refractivity contribution in [3.05, 3.63) is 0 Å². The summed E-state index contributed by atoms with van der Waals surface area (Å²) in [5.41, 5.74) is 0. The zero-order valence-electron chi connectivity index (χ0n) is 9.53. The van der Waals surface area contributed by atoms with Gasteiger partial charge in [-0.15, -0.1) is 0 Å². The van der Waals surface area contributed by atoms with Crippen LogP contribution in [0.5, 0.6) is 0 Å². The summed E-state index contributed by atoms with van der Waals surface area (Å²) in [6.45, 7) is 1.69. The summed E-state index contributed by atoms with van der Waals surface area (Å²) in [7, 11) is -7.79. The molecule has 7 nitrogen and oxygen atoms in total. The van der Waals surface area contributed by atoms with Crippen molar-refractivity contribution in [1.82, 2.24) is 4.31 Å². The zero-order chi connectivity index (χ0) is 13.4. The van der Waals surface area contributed by atoms with Crippen LogP contribution in [0.3, 0.4) is 0 Å². The molecule has 0 aromatic rings. The van der Waals surface area contributed by atoms with Crippen molar-refractivity contribution in [2.75, 3.05) is 17.9 Å². The van der Waals surface area contributed by atoms with Crippen LogP contribution in [0.2, 0.25) is 0 Å². The Morgan fingerprint density at radius 1 is 1.35 bits per heavy atom. The van der Waals surface area contributed by atoms with Gasteiger partial charge < -0.3 is 5.11 Å². The fraction of sp³-hybridized carbons (Fsp3) is 0.875. The van der Waals surface area contributed by atoms with Gasteiger partial charge in [-0.05, 0) is 12.3 Å². The highest BCUT2D eigenvalue weighted by atomic mass is 32.3. The van der Waals surface area contributed by atoms with Crippen molar-refractivity contribution in [2.24, 2.45) is 5.92 Å². The lowest BCUT2D eigenvalue weighted by molar-refractivity contribution is -0.141. The predicted molar refractivity (Wildman–Crippen MR) is 60.5 cm³/mol. The Morgan fingerprint density at radius 2 is 1.88 bits per heavy atom. The summed E-state index contributed by atoms with van der Waals surface area (Å²) in [5, 5.41) is 7.92. The van der Waals surface area contributed by atoms with E-state index in [2.05, 4.69) is 0 Å². The normalized spacial score (nSPS) is 27.2. The van der Waals surface area contributed by atoms with Gasteiger partial charge in [0.25, 0.3) is 0 Å². The summed E-state index contributed by atoms with van der Waals surface area (Å²) in [6.07, 6.45) is 1.22. The third-order valence-electron chi connectivity index (χ3n) is 2.63. The van der Waals surface area contributed by atoms with Crippen LogP contribution in [-0.4, -0.2) is 56.1 Å². The molecule has 1 N–H and O–H groups in total. The molecule has 2 atom stereocenters. The van der Waals surface area contributed by atoms with Crippen LogP contribution in [0.15, 0.2) is 0 Å². The number of carboxylic acid groups (broad SMARTS) is 1. The number of carbonyl (C=O) groups is 1. The quantitative estimate of drug-likeness (QED) is 0.718. The fourth-order valence-electron chi connectivity index (χ4n) is 1.93. The van der Waals surface area contributed by atoms with Crippen LogP contribution in [0.25, 0.3) is 0 Å². The average molecular weight is 285 g/mol. The highest BCUT2D eigenvalue weighted by Gasteiger charge is 2.44. The van der Waals surface area contributed by atoms with Crippen molar-refractivity contribution in [2.45, 2.75) is 19.4 Å². The highest BCUT2D eigenvalue weighted by molar-refractivity contribution is 8.06. The van der Waals surface area contributed by atoms with Gasteiger partial charge in [0.05, 0.1) is 0 Å². The number of hydrogen-bond donors (Lipinski definition) is 1. The molecule has 100 valence electrons. The van der Waals surface area contributed by atoms with Gasteiger partial charge in [-0.2, -0.15) is 4.31 Å². The lowest BCUT2D eigenvalue weighted by Crippen LogP contribution is -2.44. The maximum atomic E-state index is 11.8. The number of nitrogens with zero attached hydrogens (tertiary/aromatic N) is 1. The van der Waals surface area contributed by atoms with E-state index in [-0.39, 0.29) is 12.5 Å². The Bertz CT molecular complexity index is 508. The number of hydrogen-bond acceptors (Lipinski definition) is 5. The maximum absolute atomic E-state index is 11.8. The third-order valence-corrected chi connectivity index (χ3v) is 6.66. The Kier molecular flexibility index (Phi) is 3.84. The van der Waals surface area contributed by atoms with Gasteiger partial charge in [-0.3, -0.25) is 4.79 Å². The van der Waals surface area contributed by atoms with Gasteiger partial charge in [0, 0.05) is 12.8 Å². The number of sulfone groups is 1. The second-order valence-electron chi connectivity index (χ2n) is 4.32. The van der Waals surface area contributed by atoms with E-state index in [4.69, 9.17) is 5.11 Å². The van der Waals surface area contributed by atoms with E-state index in [1.54, 1.807) is 6.92 Å². The summed E-state index contributed by atoms with van der Waals surface area (Å²) < 4.78 is 46.4. The summed E-state index contributed by atoms with van der Waals surface area (Å²) in [4.78, 5) is 11.0. The van der Waals surface area contributed by atoms with Gasteiger partial charge in [-0.25, -0.2) is 16.8 Å². The van der Waals surface area contributed by atoms with Crippen molar-refractivity contribution >= 4 is 25.8 Å². The summed E-state index contributed by atoms with van der Waals surface area (Å²) >= 11 is 0. The molecule has 1 saturated heterocycles. The van der Waals surface area contributed by atoms with E-state index in [9.17, 15) is 21.6 Å². The second-order valence-corrected chi connectivity index (χ2v) is 8.74. The van der Waals surface area contributed by atoms with E-state index in [0.29, 0.717) is 6.42 Å². The van der Waals surface area contributed by atoms with E-state index < -0.39 is 37.0 Å². The van der Waals surface area contributed by atoms with Gasteiger partial charge in [0.15, 0.2) is 14.9 Å². The number of aliphatic carboxylic acids is 1. The first-order chi connectivity index (χ1) is 7.54. The van der Waals surface area contributed by atoms with E-state index in [1.165, 1.54) is 0 Å². The molecule has 1 fully saturated rings. The lowest BCUT2D eigenvalue weighted by Gasteiger charge is -2.22. The van der Waals surface area contributed by atoms with E-state index in [1.807, 2.05) is 0 Å². The monoisotopic (exact) mass is 285 g/mol. The minimum atomic E-state index is -4.08. The average Bonchev–Trinajstić information content (AvgIpc) is 2.42. The number of sulfonamides is 1. The predicted octanol–water partition coefficient (Wildman–Crippen LogP) is -0.887. The van der Waals surface area contributed by atoms with Gasteiger partial charge in [-0.1, -0.05) is 6.92 Å². The Labute approximate surface area is 100 Å². The van der Waals surface area contributed by atoms with Crippen LogP contribution in [0, 0.1) is 5.92 Å². The molecule has 0 bridgehead atoms. The molecule has 0 spiro atoms. The first kappa shape index (κ1) is 14.4. The molecular formula is C8H15NO6S2. The largest absolute Gasteiger partial charge is 0.480 e. The van der Waals surface area contributed by atoms with E-state index in [0.717, 1.165) is 10.6 Å². The molecule has 0 amide bonds.